The van der Waals surface area contributed by atoms with Crippen LogP contribution in [0.3, 0.4) is 0 Å². The molecule has 3 heterocycles. The lowest BCUT2D eigenvalue weighted by Crippen LogP contribution is -2.37. The molecule has 10 heteroatoms. The molecular weight excluding hydrogens is 456 g/mol. The summed E-state index contributed by atoms with van der Waals surface area (Å²) in [6.07, 6.45) is 3.15. The number of carbonyl (C=O) groups excluding carboxylic acids is 1. The lowest BCUT2D eigenvalue weighted by Gasteiger charge is -2.27. The molecule has 1 aliphatic heterocycles. The van der Waals surface area contributed by atoms with Crippen LogP contribution in [0.25, 0.3) is 17.2 Å². The molecule has 0 aliphatic carbocycles. The molecule has 3 aromatic rings. The van der Waals surface area contributed by atoms with Gasteiger partial charge in [-0.05, 0) is 42.8 Å². The largest absolute Gasteiger partial charge is 0.466 e. The van der Waals surface area contributed by atoms with Gasteiger partial charge in [0.15, 0.2) is 17.0 Å². The van der Waals surface area contributed by atoms with Crippen LogP contribution in [0.5, 0.6) is 0 Å². The number of hydrogen-bond donors (Lipinski definition) is 0. The third-order valence-corrected chi connectivity index (χ3v) is 5.88. The average molecular weight is 485 g/mol. The molecule has 1 aliphatic rings. The first-order valence-corrected chi connectivity index (χ1v) is 11.6. The van der Waals surface area contributed by atoms with Gasteiger partial charge in [0.2, 0.25) is 5.28 Å². The molecule has 0 amide bonds. The molecule has 34 heavy (non-hydrogen) atoms. The van der Waals surface area contributed by atoms with Gasteiger partial charge in [-0.3, -0.25) is 4.90 Å². The van der Waals surface area contributed by atoms with Crippen LogP contribution in [0.15, 0.2) is 30.3 Å². The summed E-state index contributed by atoms with van der Waals surface area (Å²) in [5.74, 6) is 1.32. The van der Waals surface area contributed by atoms with Crippen LogP contribution in [0.4, 0.5) is 5.82 Å². The molecule has 180 valence electrons. The van der Waals surface area contributed by atoms with Crippen molar-refractivity contribution in [1.29, 1.82) is 0 Å². The Morgan fingerprint density at radius 1 is 1.18 bits per heavy atom. The monoisotopic (exact) mass is 484 g/mol. The molecule has 0 bridgehead atoms. The molecule has 0 unspecified atom stereocenters. The Labute approximate surface area is 204 Å². The molecule has 2 aromatic heterocycles. The maximum absolute atomic E-state index is 11.3. The van der Waals surface area contributed by atoms with Crippen LogP contribution in [-0.4, -0.2) is 70.8 Å². The topological polar surface area (TPSA) is 85.6 Å². The zero-order chi connectivity index (χ0) is 24.1. The molecule has 1 fully saturated rings. The Balaban J connectivity index is 1.52. The first kappa shape index (κ1) is 24.1. The normalized spacial score (nSPS) is 14.4. The van der Waals surface area contributed by atoms with E-state index in [2.05, 4.69) is 55.2 Å². The van der Waals surface area contributed by atoms with Crippen LogP contribution < -0.4 is 4.90 Å². The van der Waals surface area contributed by atoms with Crippen LogP contribution >= 0.6 is 11.6 Å². The second-order valence-electron chi connectivity index (χ2n) is 8.13. The fourth-order valence-corrected chi connectivity index (χ4v) is 4.19. The molecule has 1 saturated heterocycles. The number of fused-ring (bicyclic) bond motifs is 1. The quantitative estimate of drug-likeness (QED) is 0.274. The molecule has 0 N–H and O–H groups in total. The van der Waals surface area contributed by atoms with Crippen molar-refractivity contribution in [2.45, 2.75) is 26.6 Å². The van der Waals surface area contributed by atoms with Gasteiger partial charge in [-0.15, -0.1) is 0 Å². The highest BCUT2D eigenvalue weighted by Gasteiger charge is 2.22. The van der Waals surface area contributed by atoms with Gasteiger partial charge in [-0.25, -0.2) is 9.78 Å². The van der Waals surface area contributed by atoms with E-state index in [1.807, 2.05) is 12.1 Å². The predicted molar refractivity (Wildman–Crippen MR) is 132 cm³/mol. The Morgan fingerprint density at radius 2 is 1.91 bits per heavy atom. The smallest absolute Gasteiger partial charge is 0.330 e. The van der Waals surface area contributed by atoms with Gasteiger partial charge in [-0.1, -0.05) is 24.3 Å². The number of esters is 1. The molecule has 9 nitrogen and oxygen atoms in total. The summed E-state index contributed by atoms with van der Waals surface area (Å²) in [5, 5.41) is 0.227. The maximum atomic E-state index is 11.3. The average Bonchev–Trinajstić information content (AvgIpc) is 3.19. The van der Waals surface area contributed by atoms with Gasteiger partial charge in [0.1, 0.15) is 5.82 Å². The summed E-state index contributed by atoms with van der Waals surface area (Å²) in [7, 11) is 3.43. The highest BCUT2D eigenvalue weighted by atomic mass is 35.5. The Hall–Kier alpha value is -3.01. The van der Waals surface area contributed by atoms with Crippen LogP contribution in [0, 0.1) is 0 Å². The van der Waals surface area contributed by atoms with E-state index in [9.17, 15) is 4.79 Å². The van der Waals surface area contributed by atoms with Crippen molar-refractivity contribution >= 4 is 40.6 Å². The molecule has 1 aromatic carbocycles. The maximum Gasteiger partial charge on any atom is 0.330 e. The number of ether oxygens (including phenoxy) is 2. The minimum absolute atomic E-state index is 0.227. The number of methoxy groups -OCH3 is 1. The minimum Gasteiger partial charge on any atom is -0.466 e. The first-order valence-electron chi connectivity index (χ1n) is 11.3. The van der Waals surface area contributed by atoms with E-state index < -0.39 is 0 Å². The third kappa shape index (κ3) is 5.55. The van der Waals surface area contributed by atoms with Crippen LogP contribution in [0.2, 0.25) is 5.28 Å². The Morgan fingerprint density at radius 3 is 2.59 bits per heavy atom. The lowest BCUT2D eigenvalue weighted by atomic mass is 10.1. The number of carbonyl (C=O) groups is 1. The zero-order valence-corrected chi connectivity index (χ0v) is 20.5. The number of nitrogens with zero attached hydrogens (tertiary/aromatic N) is 6. The number of rotatable bonds is 8. The summed E-state index contributed by atoms with van der Waals surface area (Å²) < 4.78 is 12.2. The first-order chi connectivity index (χ1) is 16.5. The number of aryl methyl sites for hydroxylation is 1. The second-order valence-corrected chi connectivity index (χ2v) is 8.47. The van der Waals surface area contributed by atoms with Crippen molar-refractivity contribution in [3.8, 4) is 0 Å². The van der Waals surface area contributed by atoms with Gasteiger partial charge in [0.05, 0.1) is 26.9 Å². The lowest BCUT2D eigenvalue weighted by molar-refractivity contribution is -0.134. The SMILES string of the molecule is CCn1c(CN(C)Cc2ccc(C=CC(=O)OC)cc2)nc2c(N3CCOCC3)nc(Cl)nc21. The molecule has 4 rings (SSSR count). The molecule has 0 atom stereocenters. The molecular formula is C24H29ClN6O3. The van der Waals surface area contributed by atoms with Crippen molar-refractivity contribution in [1.82, 2.24) is 24.4 Å². The number of morpholine rings is 1. The summed E-state index contributed by atoms with van der Waals surface area (Å²) >= 11 is 6.29. The summed E-state index contributed by atoms with van der Waals surface area (Å²) in [6, 6.07) is 8.07. The van der Waals surface area contributed by atoms with Gasteiger partial charge >= 0.3 is 5.97 Å². The van der Waals surface area contributed by atoms with Crippen LogP contribution in [-0.2, 0) is 33.9 Å². The van der Waals surface area contributed by atoms with Crippen molar-refractivity contribution in [2.75, 3.05) is 45.4 Å². The minimum atomic E-state index is -0.370. The van der Waals surface area contributed by atoms with Crippen molar-refractivity contribution in [3.63, 3.8) is 0 Å². The molecule has 0 saturated carbocycles. The van der Waals surface area contributed by atoms with E-state index >= 15 is 0 Å². The molecule has 0 spiro atoms. The predicted octanol–water partition coefficient (Wildman–Crippen LogP) is 3.15. The summed E-state index contributed by atoms with van der Waals surface area (Å²) in [4.78, 5) is 29.6. The van der Waals surface area contributed by atoms with E-state index in [0.29, 0.717) is 19.8 Å². The Kier molecular flexibility index (Phi) is 7.77. The third-order valence-electron chi connectivity index (χ3n) is 5.71. The summed E-state index contributed by atoms with van der Waals surface area (Å²) in [5.41, 5.74) is 3.64. The number of aromatic nitrogens is 4. The number of anilines is 1. The van der Waals surface area contributed by atoms with E-state index in [4.69, 9.17) is 21.3 Å². The Bertz CT molecular complexity index is 1170. The fourth-order valence-electron chi connectivity index (χ4n) is 4.03. The van der Waals surface area contributed by atoms with E-state index in [0.717, 1.165) is 60.1 Å². The van der Waals surface area contributed by atoms with Crippen molar-refractivity contribution in [2.24, 2.45) is 0 Å². The van der Waals surface area contributed by atoms with E-state index in [1.54, 1.807) is 6.08 Å². The van der Waals surface area contributed by atoms with E-state index in [1.165, 1.54) is 13.2 Å². The molecule has 0 radical (unpaired) electrons. The van der Waals surface area contributed by atoms with Crippen molar-refractivity contribution < 1.29 is 14.3 Å². The second kappa shape index (κ2) is 10.9. The van der Waals surface area contributed by atoms with Gasteiger partial charge in [0, 0.05) is 32.3 Å². The van der Waals surface area contributed by atoms with Gasteiger partial charge in [-0.2, -0.15) is 9.97 Å². The number of imidazole rings is 1. The van der Waals surface area contributed by atoms with Crippen molar-refractivity contribution in [3.05, 3.63) is 52.6 Å². The summed E-state index contributed by atoms with van der Waals surface area (Å²) in [6.45, 7) is 7.02. The zero-order valence-electron chi connectivity index (χ0n) is 19.7. The standard InChI is InChI=1S/C24H29ClN6O3/c1-4-31-19(16-29(2)15-18-7-5-17(6-8-18)9-10-20(32)33-3)26-21-22(27-24(25)28-23(21)31)30-11-13-34-14-12-30/h5-10H,4,11-16H2,1-3H3. The van der Waals surface area contributed by atoms with Gasteiger partial charge < -0.3 is 18.9 Å². The number of benzene rings is 1. The highest BCUT2D eigenvalue weighted by Crippen LogP contribution is 2.27. The van der Waals surface area contributed by atoms with E-state index in [-0.39, 0.29) is 11.3 Å². The number of halogens is 1. The number of hydrogen-bond acceptors (Lipinski definition) is 8. The highest BCUT2D eigenvalue weighted by molar-refractivity contribution is 6.28. The van der Waals surface area contributed by atoms with Crippen LogP contribution in [0.1, 0.15) is 23.9 Å². The fraction of sp³-hybridized carbons (Fsp3) is 0.417. The van der Waals surface area contributed by atoms with Gasteiger partial charge in [0.25, 0.3) is 0 Å².